The van der Waals surface area contributed by atoms with Crippen molar-refractivity contribution in [2.45, 2.75) is 6.92 Å². The fraction of sp³-hybridized carbons (Fsp3) is 0.176. The summed E-state index contributed by atoms with van der Waals surface area (Å²) in [6.07, 6.45) is 1.37. The van der Waals surface area contributed by atoms with Crippen molar-refractivity contribution >= 4 is 34.8 Å². The summed E-state index contributed by atoms with van der Waals surface area (Å²) in [6, 6.07) is 8.74. The van der Waals surface area contributed by atoms with Crippen molar-refractivity contribution in [1.29, 1.82) is 0 Å². The zero-order valence-corrected chi connectivity index (χ0v) is 14.6. The topological polar surface area (TPSA) is 119 Å². The highest BCUT2D eigenvalue weighted by atomic mass is 16.5. The molecule has 2 aromatic heterocycles. The second-order valence-corrected chi connectivity index (χ2v) is 5.48. The molecule has 2 heterocycles. The van der Waals surface area contributed by atoms with Crippen molar-refractivity contribution in [3.63, 3.8) is 0 Å². The third-order valence-electron chi connectivity index (χ3n) is 3.73. The first kappa shape index (κ1) is 17.2. The molecule has 0 aliphatic carbocycles. The SMILES string of the molecule is COC(=O)c1ccccc1N(C)c1ncnc(Nc2cc(C)on2)c1N. The van der Waals surface area contributed by atoms with E-state index in [9.17, 15) is 4.79 Å². The number of carbonyl (C=O) groups is 1. The lowest BCUT2D eigenvalue weighted by Gasteiger charge is -2.22. The average molecular weight is 354 g/mol. The van der Waals surface area contributed by atoms with Crippen LogP contribution in [0.4, 0.5) is 28.8 Å². The Labute approximate surface area is 149 Å². The first-order valence-electron chi connectivity index (χ1n) is 7.73. The second kappa shape index (κ2) is 7.09. The summed E-state index contributed by atoms with van der Waals surface area (Å²) < 4.78 is 9.86. The van der Waals surface area contributed by atoms with Crippen molar-refractivity contribution in [2.24, 2.45) is 0 Å². The molecular formula is C17H18N6O3. The third-order valence-corrected chi connectivity index (χ3v) is 3.73. The van der Waals surface area contributed by atoms with E-state index in [1.54, 1.807) is 43.1 Å². The zero-order valence-electron chi connectivity index (χ0n) is 14.6. The maximum atomic E-state index is 12.0. The molecule has 3 rings (SSSR count). The molecule has 0 fully saturated rings. The number of nitrogen functional groups attached to an aromatic ring is 1. The van der Waals surface area contributed by atoms with Gasteiger partial charge in [-0.25, -0.2) is 14.8 Å². The van der Waals surface area contributed by atoms with Crippen LogP contribution in [0.25, 0.3) is 0 Å². The fourth-order valence-corrected chi connectivity index (χ4v) is 2.46. The summed E-state index contributed by atoms with van der Waals surface area (Å²) in [5, 5.41) is 6.85. The van der Waals surface area contributed by atoms with Crippen LogP contribution < -0.4 is 16.0 Å². The summed E-state index contributed by atoms with van der Waals surface area (Å²) in [7, 11) is 3.09. The minimum Gasteiger partial charge on any atom is -0.465 e. The Morgan fingerprint density at radius 3 is 2.77 bits per heavy atom. The van der Waals surface area contributed by atoms with Gasteiger partial charge in [-0.3, -0.25) is 0 Å². The van der Waals surface area contributed by atoms with E-state index in [-0.39, 0.29) is 0 Å². The highest BCUT2D eigenvalue weighted by molar-refractivity contribution is 5.97. The van der Waals surface area contributed by atoms with Crippen LogP contribution in [-0.4, -0.2) is 35.3 Å². The van der Waals surface area contributed by atoms with E-state index in [1.807, 2.05) is 6.07 Å². The van der Waals surface area contributed by atoms with E-state index in [1.165, 1.54) is 13.4 Å². The number of hydrogen-bond donors (Lipinski definition) is 2. The van der Waals surface area contributed by atoms with Gasteiger partial charge in [0.25, 0.3) is 0 Å². The molecule has 26 heavy (non-hydrogen) atoms. The molecule has 0 saturated carbocycles. The van der Waals surface area contributed by atoms with Gasteiger partial charge in [-0.15, -0.1) is 0 Å². The number of rotatable bonds is 5. The molecule has 0 spiro atoms. The van der Waals surface area contributed by atoms with E-state index in [4.69, 9.17) is 15.0 Å². The maximum Gasteiger partial charge on any atom is 0.339 e. The van der Waals surface area contributed by atoms with Crippen molar-refractivity contribution in [3.8, 4) is 0 Å². The smallest absolute Gasteiger partial charge is 0.339 e. The Morgan fingerprint density at radius 2 is 2.08 bits per heavy atom. The lowest BCUT2D eigenvalue weighted by molar-refractivity contribution is 0.0601. The molecule has 3 N–H and O–H groups in total. The van der Waals surface area contributed by atoms with E-state index in [0.717, 1.165) is 0 Å². The van der Waals surface area contributed by atoms with Crippen LogP contribution in [0.1, 0.15) is 16.1 Å². The molecule has 0 amide bonds. The molecule has 1 aromatic carbocycles. The molecule has 0 radical (unpaired) electrons. The van der Waals surface area contributed by atoms with Gasteiger partial charge in [0.2, 0.25) is 0 Å². The number of nitrogens with one attached hydrogen (secondary N) is 1. The van der Waals surface area contributed by atoms with Crippen LogP contribution in [0.15, 0.2) is 41.2 Å². The van der Waals surface area contributed by atoms with Crippen molar-refractivity contribution in [1.82, 2.24) is 15.1 Å². The number of anilines is 5. The lowest BCUT2D eigenvalue weighted by atomic mass is 10.1. The van der Waals surface area contributed by atoms with Crippen LogP contribution in [0.5, 0.6) is 0 Å². The van der Waals surface area contributed by atoms with E-state index in [2.05, 4.69) is 20.4 Å². The highest BCUT2D eigenvalue weighted by Crippen LogP contribution is 2.33. The molecule has 9 heteroatoms. The first-order chi connectivity index (χ1) is 12.5. The van der Waals surface area contributed by atoms with Crippen LogP contribution in [0, 0.1) is 6.92 Å². The van der Waals surface area contributed by atoms with E-state index >= 15 is 0 Å². The molecule has 134 valence electrons. The molecule has 0 aliphatic rings. The van der Waals surface area contributed by atoms with Gasteiger partial charge in [0.1, 0.15) is 17.8 Å². The Hall–Kier alpha value is -3.62. The standard InChI is InChI=1S/C17H18N6O3/c1-10-8-13(22-26-10)21-15-14(18)16(20-9-19-15)23(2)12-7-5-4-6-11(12)17(24)25-3/h4-9H,18H2,1-3H3,(H,19,20,21,22). The Balaban J connectivity index is 1.97. The summed E-state index contributed by atoms with van der Waals surface area (Å²) in [5.74, 6) is 1.50. The van der Waals surface area contributed by atoms with Crippen molar-refractivity contribution in [2.75, 3.05) is 30.1 Å². The average Bonchev–Trinajstić information content (AvgIpc) is 3.07. The molecule has 0 aliphatic heterocycles. The van der Waals surface area contributed by atoms with Crippen LogP contribution in [0.3, 0.4) is 0 Å². The number of ether oxygens (including phenoxy) is 1. The highest BCUT2D eigenvalue weighted by Gasteiger charge is 2.19. The van der Waals surface area contributed by atoms with Gasteiger partial charge in [-0.05, 0) is 19.1 Å². The van der Waals surface area contributed by atoms with Gasteiger partial charge in [-0.1, -0.05) is 17.3 Å². The molecular weight excluding hydrogens is 336 g/mol. The summed E-state index contributed by atoms with van der Waals surface area (Å²) in [4.78, 5) is 22.1. The Bertz CT molecular complexity index is 940. The number of aryl methyl sites for hydroxylation is 1. The predicted octanol–water partition coefficient (Wildman–Crippen LogP) is 2.65. The normalized spacial score (nSPS) is 10.4. The number of esters is 1. The van der Waals surface area contributed by atoms with Crippen LogP contribution in [0.2, 0.25) is 0 Å². The Morgan fingerprint density at radius 1 is 1.31 bits per heavy atom. The molecule has 0 bridgehead atoms. The second-order valence-electron chi connectivity index (χ2n) is 5.48. The lowest BCUT2D eigenvalue weighted by Crippen LogP contribution is -2.18. The number of nitrogens with zero attached hydrogens (tertiary/aromatic N) is 4. The number of para-hydroxylation sites is 1. The minimum atomic E-state index is -0.448. The first-order valence-corrected chi connectivity index (χ1v) is 7.73. The number of nitrogens with two attached hydrogens (primary N) is 1. The minimum absolute atomic E-state index is 0.301. The van der Waals surface area contributed by atoms with Gasteiger partial charge < -0.3 is 25.2 Å². The number of carbonyl (C=O) groups excluding carboxylic acids is 1. The van der Waals surface area contributed by atoms with Gasteiger partial charge in [-0.2, -0.15) is 0 Å². The predicted molar refractivity (Wildman–Crippen MR) is 96.8 cm³/mol. The van der Waals surface area contributed by atoms with E-state index in [0.29, 0.717) is 40.2 Å². The molecule has 0 saturated heterocycles. The summed E-state index contributed by atoms with van der Waals surface area (Å²) in [6.45, 7) is 1.78. The van der Waals surface area contributed by atoms with Crippen molar-refractivity contribution < 1.29 is 14.1 Å². The van der Waals surface area contributed by atoms with E-state index < -0.39 is 5.97 Å². The van der Waals surface area contributed by atoms with Gasteiger partial charge in [0, 0.05) is 13.1 Å². The largest absolute Gasteiger partial charge is 0.465 e. The van der Waals surface area contributed by atoms with Gasteiger partial charge >= 0.3 is 5.97 Å². The molecule has 3 aromatic rings. The summed E-state index contributed by atoms with van der Waals surface area (Å²) >= 11 is 0. The van der Waals surface area contributed by atoms with Crippen LogP contribution in [-0.2, 0) is 4.74 Å². The fourth-order valence-electron chi connectivity index (χ4n) is 2.46. The number of hydrogen-bond acceptors (Lipinski definition) is 9. The molecule has 0 unspecified atom stereocenters. The van der Waals surface area contributed by atoms with Crippen LogP contribution >= 0.6 is 0 Å². The quantitative estimate of drug-likeness (QED) is 0.666. The molecule has 9 nitrogen and oxygen atoms in total. The molecule has 0 atom stereocenters. The number of aromatic nitrogens is 3. The monoisotopic (exact) mass is 354 g/mol. The zero-order chi connectivity index (χ0) is 18.7. The Kier molecular flexibility index (Phi) is 4.70. The number of methoxy groups -OCH3 is 1. The van der Waals surface area contributed by atoms with Crippen molar-refractivity contribution in [3.05, 3.63) is 48.0 Å². The number of benzene rings is 1. The third kappa shape index (κ3) is 3.27. The van der Waals surface area contributed by atoms with Gasteiger partial charge in [0.15, 0.2) is 17.5 Å². The summed E-state index contributed by atoms with van der Waals surface area (Å²) in [5.41, 5.74) is 7.54. The maximum absolute atomic E-state index is 12.0. The van der Waals surface area contributed by atoms with Gasteiger partial charge in [0.05, 0.1) is 18.4 Å².